The molecule has 3 nitrogen and oxygen atoms in total. The van der Waals surface area contributed by atoms with Crippen molar-refractivity contribution in [3.05, 3.63) is 53.0 Å². The fourth-order valence-corrected chi connectivity index (χ4v) is 2.57. The Kier molecular flexibility index (Phi) is 4.85. The van der Waals surface area contributed by atoms with Crippen molar-refractivity contribution in [2.45, 2.75) is 33.2 Å². The van der Waals surface area contributed by atoms with E-state index in [2.05, 4.69) is 38.2 Å². The van der Waals surface area contributed by atoms with E-state index < -0.39 is 0 Å². The monoisotopic (exact) mass is 273 g/mol. The van der Waals surface area contributed by atoms with E-state index in [1.165, 1.54) is 11.1 Å². The first-order valence-electron chi connectivity index (χ1n) is 7.09. The molecular weight excluding hydrogens is 250 g/mol. The summed E-state index contributed by atoms with van der Waals surface area (Å²) in [7, 11) is 1.72. The van der Waals surface area contributed by atoms with Gasteiger partial charge in [-0.15, -0.1) is 0 Å². The molecule has 1 N–H and O–H groups in total. The van der Waals surface area contributed by atoms with Gasteiger partial charge in [-0.2, -0.15) is 0 Å². The number of benzene rings is 1. The van der Waals surface area contributed by atoms with Gasteiger partial charge in [-0.1, -0.05) is 13.0 Å². The summed E-state index contributed by atoms with van der Waals surface area (Å²) >= 11 is 0. The fourth-order valence-electron chi connectivity index (χ4n) is 2.57. The predicted octanol–water partition coefficient (Wildman–Crippen LogP) is 3.99. The number of rotatable bonds is 6. The van der Waals surface area contributed by atoms with Gasteiger partial charge in [-0.3, -0.25) is 0 Å². The first-order chi connectivity index (χ1) is 9.67. The molecule has 1 aromatic carbocycles. The second kappa shape index (κ2) is 6.62. The van der Waals surface area contributed by atoms with Gasteiger partial charge in [0.1, 0.15) is 11.5 Å². The molecule has 0 amide bonds. The number of aryl methyl sites for hydroxylation is 2. The highest BCUT2D eigenvalue weighted by molar-refractivity contribution is 5.47. The summed E-state index contributed by atoms with van der Waals surface area (Å²) in [6, 6.07) is 8.21. The summed E-state index contributed by atoms with van der Waals surface area (Å²) in [5, 5.41) is 3.55. The van der Waals surface area contributed by atoms with Crippen molar-refractivity contribution in [3.63, 3.8) is 0 Å². The van der Waals surface area contributed by atoms with Crippen molar-refractivity contribution >= 4 is 0 Å². The third-order valence-corrected chi connectivity index (χ3v) is 3.43. The third-order valence-electron chi connectivity index (χ3n) is 3.43. The molecule has 3 heteroatoms. The van der Waals surface area contributed by atoms with Gasteiger partial charge in [-0.05, 0) is 56.1 Å². The molecule has 0 aliphatic heterocycles. The van der Waals surface area contributed by atoms with Crippen molar-refractivity contribution in [2.75, 3.05) is 13.7 Å². The molecule has 108 valence electrons. The van der Waals surface area contributed by atoms with Crippen LogP contribution in [0.2, 0.25) is 0 Å². The van der Waals surface area contributed by atoms with Crippen LogP contribution < -0.4 is 10.1 Å². The van der Waals surface area contributed by atoms with Gasteiger partial charge < -0.3 is 14.5 Å². The molecule has 0 fully saturated rings. The Labute approximate surface area is 121 Å². The Morgan fingerprint density at radius 3 is 2.70 bits per heavy atom. The van der Waals surface area contributed by atoms with Crippen LogP contribution in [0, 0.1) is 13.8 Å². The van der Waals surface area contributed by atoms with Crippen molar-refractivity contribution < 1.29 is 9.15 Å². The van der Waals surface area contributed by atoms with Crippen LogP contribution in [-0.4, -0.2) is 13.7 Å². The van der Waals surface area contributed by atoms with Gasteiger partial charge in [0.2, 0.25) is 0 Å². The molecule has 2 aromatic rings. The number of hydrogen-bond acceptors (Lipinski definition) is 3. The lowest BCUT2D eigenvalue weighted by molar-refractivity contribution is 0.391. The molecule has 0 saturated heterocycles. The smallest absolute Gasteiger partial charge is 0.125 e. The maximum atomic E-state index is 5.61. The zero-order valence-corrected chi connectivity index (χ0v) is 12.7. The molecule has 2 rings (SSSR count). The Balaban J connectivity index is 2.48. The maximum absolute atomic E-state index is 5.61. The van der Waals surface area contributed by atoms with E-state index in [0.717, 1.165) is 30.0 Å². The largest absolute Gasteiger partial charge is 0.496 e. The van der Waals surface area contributed by atoms with Crippen LogP contribution in [0.1, 0.15) is 41.8 Å². The van der Waals surface area contributed by atoms with Crippen molar-refractivity contribution in [1.29, 1.82) is 0 Å². The number of nitrogens with one attached hydrogen (secondary N) is 1. The van der Waals surface area contributed by atoms with Crippen molar-refractivity contribution in [1.82, 2.24) is 5.32 Å². The van der Waals surface area contributed by atoms with E-state index in [1.54, 1.807) is 13.4 Å². The highest BCUT2D eigenvalue weighted by atomic mass is 16.5. The van der Waals surface area contributed by atoms with Gasteiger partial charge in [0.25, 0.3) is 0 Å². The summed E-state index contributed by atoms with van der Waals surface area (Å²) in [5.74, 6) is 1.83. The molecular formula is C17H23NO2. The second-order valence-electron chi connectivity index (χ2n) is 5.10. The lowest BCUT2D eigenvalue weighted by Crippen LogP contribution is -2.24. The van der Waals surface area contributed by atoms with E-state index in [1.807, 2.05) is 12.1 Å². The lowest BCUT2D eigenvalue weighted by atomic mass is 9.96. The summed E-state index contributed by atoms with van der Waals surface area (Å²) in [5.41, 5.74) is 3.57. The zero-order chi connectivity index (χ0) is 14.5. The van der Waals surface area contributed by atoms with Gasteiger partial charge >= 0.3 is 0 Å². The van der Waals surface area contributed by atoms with Crippen LogP contribution in [0.5, 0.6) is 5.75 Å². The van der Waals surface area contributed by atoms with Crippen LogP contribution in [0.4, 0.5) is 0 Å². The highest BCUT2D eigenvalue weighted by Crippen LogP contribution is 2.34. The first kappa shape index (κ1) is 14.7. The Morgan fingerprint density at radius 1 is 1.30 bits per heavy atom. The molecule has 20 heavy (non-hydrogen) atoms. The molecule has 0 spiro atoms. The minimum atomic E-state index is 0.0282. The van der Waals surface area contributed by atoms with Gasteiger partial charge in [0.15, 0.2) is 0 Å². The fraction of sp³-hybridized carbons (Fsp3) is 0.412. The third kappa shape index (κ3) is 3.05. The second-order valence-corrected chi connectivity index (χ2v) is 5.10. The molecule has 0 aliphatic rings. The van der Waals surface area contributed by atoms with Crippen LogP contribution in [0.25, 0.3) is 0 Å². The average Bonchev–Trinajstić information content (AvgIpc) is 2.94. The summed E-state index contributed by atoms with van der Waals surface area (Å²) in [4.78, 5) is 0. The predicted molar refractivity (Wildman–Crippen MR) is 81.3 cm³/mol. The molecule has 0 bridgehead atoms. The van der Waals surface area contributed by atoms with Crippen LogP contribution in [-0.2, 0) is 0 Å². The topological polar surface area (TPSA) is 34.4 Å². The lowest BCUT2D eigenvalue weighted by Gasteiger charge is -2.22. The van der Waals surface area contributed by atoms with E-state index >= 15 is 0 Å². The van der Waals surface area contributed by atoms with Crippen molar-refractivity contribution in [2.24, 2.45) is 0 Å². The molecule has 0 radical (unpaired) electrons. The van der Waals surface area contributed by atoms with E-state index in [9.17, 15) is 0 Å². The Morgan fingerprint density at radius 2 is 2.10 bits per heavy atom. The minimum Gasteiger partial charge on any atom is -0.496 e. The van der Waals surface area contributed by atoms with Gasteiger partial charge in [-0.25, -0.2) is 0 Å². The van der Waals surface area contributed by atoms with Crippen LogP contribution in [0.15, 0.2) is 34.9 Å². The van der Waals surface area contributed by atoms with Gasteiger partial charge in [0.05, 0.1) is 19.4 Å². The quantitative estimate of drug-likeness (QED) is 0.864. The summed E-state index contributed by atoms with van der Waals surface area (Å²) < 4.78 is 11.2. The molecule has 1 unspecified atom stereocenters. The normalized spacial score (nSPS) is 12.4. The van der Waals surface area contributed by atoms with Crippen LogP contribution in [0.3, 0.4) is 0 Å². The minimum absolute atomic E-state index is 0.0282. The molecule has 1 atom stereocenters. The highest BCUT2D eigenvalue weighted by Gasteiger charge is 2.22. The number of hydrogen-bond donors (Lipinski definition) is 1. The first-order valence-corrected chi connectivity index (χ1v) is 7.09. The number of methoxy groups -OCH3 is 1. The van der Waals surface area contributed by atoms with E-state index in [-0.39, 0.29) is 6.04 Å². The Hall–Kier alpha value is -1.74. The number of furan rings is 1. The SMILES string of the molecule is CCCNC(c1ccco1)c1c(C)cc(C)cc1OC. The average molecular weight is 273 g/mol. The number of ether oxygens (including phenoxy) is 1. The molecule has 0 saturated carbocycles. The molecule has 0 aliphatic carbocycles. The van der Waals surface area contributed by atoms with Gasteiger partial charge in [0, 0.05) is 5.56 Å². The maximum Gasteiger partial charge on any atom is 0.125 e. The molecule has 1 aromatic heterocycles. The summed E-state index contributed by atoms with van der Waals surface area (Å²) in [6.07, 6.45) is 2.79. The Bertz CT molecular complexity index is 546. The zero-order valence-electron chi connectivity index (χ0n) is 12.7. The van der Waals surface area contributed by atoms with Crippen molar-refractivity contribution in [3.8, 4) is 5.75 Å². The van der Waals surface area contributed by atoms with Crippen LogP contribution >= 0.6 is 0 Å². The summed E-state index contributed by atoms with van der Waals surface area (Å²) in [6.45, 7) is 7.29. The van der Waals surface area contributed by atoms with E-state index in [0.29, 0.717) is 0 Å². The standard InChI is InChI=1S/C17H23NO2/c1-5-8-18-17(14-7-6-9-20-14)16-13(3)10-12(2)11-15(16)19-4/h6-7,9-11,17-18H,5,8H2,1-4H3. The molecule has 1 heterocycles. The van der Waals surface area contributed by atoms with E-state index in [4.69, 9.17) is 9.15 Å².